The minimum Gasteiger partial charge on any atom is -0.496 e. The molecule has 0 radical (unpaired) electrons. The van der Waals surface area contributed by atoms with Gasteiger partial charge < -0.3 is 4.74 Å². The second-order valence-electron chi connectivity index (χ2n) is 3.31. The first kappa shape index (κ1) is 7.93. The summed E-state index contributed by atoms with van der Waals surface area (Å²) in [5.74, 6) is 0.931. The summed E-state index contributed by atoms with van der Waals surface area (Å²) in [6.45, 7) is 5.13. The minimum atomic E-state index is 0.153. The summed E-state index contributed by atoms with van der Waals surface area (Å²) in [5, 5.41) is 0. The highest BCUT2D eigenvalue weighted by molar-refractivity contribution is 6.25. The van der Waals surface area contributed by atoms with Gasteiger partial charge in [-0.1, -0.05) is 25.4 Å². The zero-order valence-electron chi connectivity index (χ0n) is 6.48. The monoisotopic (exact) mass is 160 g/mol. The van der Waals surface area contributed by atoms with Gasteiger partial charge in [0.25, 0.3) is 0 Å². The fraction of sp³-hybridized carbons (Fsp3) is 0.750. The van der Waals surface area contributed by atoms with Gasteiger partial charge in [-0.25, -0.2) is 0 Å². The first-order valence-electron chi connectivity index (χ1n) is 3.60. The summed E-state index contributed by atoms with van der Waals surface area (Å²) in [6.07, 6.45) is 2.31. The molecule has 0 atom stereocenters. The maximum absolute atomic E-state index is 5.58. The van der Waals surface area contributed by atoms with Gasteiger partial charge in [0.1, 0.15) is 5.76 Å². The fourth-order valence-electron chi connectivity index (χ4n) is 1.19. The smallest absolute Gasteiger partial charge is 0.113 e. The molecule has 10 heavy (non-hydrogen) atoms. The lowest BCUT2D eigenvalue weighted by Crippen LogP contribution is -2.22. The SMILES string of the molecule is CC1(C)CCCO/C1=C/Cl. The summed E-state index contributed by atoms with van der Waals surface area (Å²) in [4.78, 5) is 0. The van der Waals surface area contributed by atoms with E-state index in [1.54, 1.807) is 5.54 Å². The quantitative estimate of drug-likeness (QED) is 0.530. The normalized spacial score (nSPS) is 28.1. The molecule has 1 fully saturated rings. The molecule has 0 aromatic rings. The van der Waals surface area contributed by atoms with Crippen LogP contribution in [0, 0.1) is 5.41 Å². The van der Waals surface area contributed by atoms with Gasteiger partial charge in [0.05, 0.1) is 6.61 Å². The number of rotatable bonds is 0. The molecule has 1 nitrogen and oxygen atoms in total. The highest BCUT2D eigenvalue weighted by Gasteiger charge is 2.27. The van der Waals surface area contributed by atoms with E-state index < -0.39 is 0 Å². The number of allylic oxidation sites excluding steroid dienone is 1. The molecular weight excluding hydrogens is 148 g/mol. The molecule has 0 saturated carbocycles. The Morgan fingerprint density at radius 3 is 2.70 bits per heavy atom. The Labute approximate surface area is 67.0 Å². The van der Waals surface area contributed by atoms with E-state index >= 15 is 0 Å². The summed E-state index contributed by atoms with van der Waals surface area (Å²) >= 11 is 5.58. The van der Waals surface area contributed by atoms with Gasteiger partial charge in [-0.15, -0.1) is 0 Å². The molecule has 58 valence electrons. The summed E-state index contributed by atoms with van der Waals surface area (Å²) in [6, 6.07) is 0. The number of halogens is 1. The lowest BCUT2D eigenvalue weighted by atomic mass is 9.85. The molecule has 1 aliphatic rings. The maximum Gasteiger partial charge on any atom is 0.113 e. The van der Waals surface area contributed by atoms with Crippen molar-refractivity contribution < 1.29 is 4.74 Å². The number of hydrogen-bond acceptors (Lipinski definition) is 1. The van der Waals surface area contributed by atoms with E-state index in [1.807, 2.05) is 0 Å². The van der Waals surface area contributed by atoms with Crippen molar-refractivity contribution in [3.8, 4) is 0 Å². The maximum atomic E-state index is 5.58. The Kier molecular flexibility index (Phi) is 2.24. The van der Waals surface area contributed by atoms with E-state index in [4.69, 9.17) is 16.3 Å². The van der Waals surface area contributed by atoms with Crippen molar-refractivity contribution in [2.75, 3.05) is 6.61 Å². The first-order valence-corrected chi connectivity index (χ1v) is 4.04. The largest absolute Gasteiger partial charge is 0.496 e. The topological polar surface area (TPSA) is 9.23 Å². The van der Waals surface area contributed by atoms with Crippen molar-refractivity contribution in [3.05, 3.63) is 11.3 Å². The molecule has 1 rings (SSSR count). The van der Waals surface area contributed by atoms with Crippen molar-refractivity contribution in [3.63, 3.8) is 0 Å². The second-order valence-corrected chi connectivity index (χ2v) is 3.53. The van der Waals surface area contributed by atoms with Gasteiger partial charge in [-0.3, -0.25) is 0 Å². The van der Waals surface area contributed by atoms with Crippen molar-refractivity contribution in [2.24, 2.45) is 5.41 Å². The molecule has 0 aliphatic carbocycles. The van der Waals surface area contributed by atoms with E-state index in [2.05, 4.69) is 13.8 Å². The Morgan fingerprint density at radius 2 is 2.30 bits per heavy atom. The molecule has 1 aliphatic heterocycles. The molecule has 1 heterocycles. The van der Waals surface area contributed by atoms with Crippen LogP contribution in [-0.4, -0.2) is 6.61 Å². The standard InChI is InChI=1S/C8H13ClO/c1-8(2)4-3-5-10-7(8)6-9/h6H,3-5H2,1-2H3/b7-6+. The third-order valence-corrected chi connectivity index (χ3v) is 2.17. The zero-order chi connectivity index (χ0) is 7.61. The Morgan fingerprint density at radius 1 is 1.60 bits per heavy atom. The van der Waals surface area contributed by atoms with Crippen LogP contribution < -0.4 is 0 Å². The number of ether oxygens (including phenoxy) is 1. The van der Waals surface area contributed by atoms with Gasteiger partial charge >= 0.3 is 0 Å². The Bertz CT molecular complexity index is 149. The van der Waals surface area contributed by atoms with E-state index in [9.17, 15) is 0 Å². The van der Waals surface area contributed by atoms with E-state index in [1.165, 1.54) is 6.42 Å². The predicted molar refractivity (Wildman–Crippen MR) is 42.9 cm³/mol. The Balaban J connectivity index is 2.70. The Hall–Kier alpha value is -0.170. The average molecular weight is 161 g/mol. The molecule has 0 unspecified atom stereocenters. The van der Waals surface area contributed by atoms with Gasteiger partial charge in [-0.2, -0.15) is 0 Å². The van der Waals surface area contributed by atoms with Crippen LogP contribution in [0.4, 0.5) is 0 Å². The van der Waals surface area contributed by atoms with Crippen LogP contribution in [-0.2, 0) is 4.74 Å². The van der Waals surface area contributed by atoms with Crippen molar-refractivity contribution >= 4 is 11.6 Å². The highest BCUT2D eigenvalue weighted by Crippen LogP contribution is 2.36. The molecule has 0 N–H and O–H groups in total. The summed E-state index contributed by atoms with van der Waals surface area (Å²) in [5.41, 5.74) is 1.71. The fourth-order valence-corrected chi connectivity index (χ4v) is 1.55. The van der Waals surface area contributed by atoms with Crippen molar-refractivity contribution in [1.29, 1.82) is 0 Å². The molecule has 0 bridgehead atoms. The highest BCUT2D eigenvalue weighted by atomic mass is 35.5. The van der Waals surface area contributed by atoms with Crippen LogP contribution >= 0.6 is 11.6 Å². The molecule has 0 amide bonds. The summed E-state index contributed by atoms with van der Waals surface area (Å²) < 4.78 is 5.37. The summed E-state index contributed by atoms with van der Waals surface area (Å²) in [7, 11) is 0. The molecule has 0 spiro atoms. The second kappa shape index (κ2) is 2.83. The van der Waals surface area contributed by atoms with Crippen LogP contribution in [0.3, 0.4) is 0 Å². The van der Waals surface area contributed by atoms with Crippen LogP contribution in [0.1, 0.15) is 26.7 Å². The molecular formula is C8H13ClO. The lowest BCUT2D eigenvalue weighted by molar-refractivity contribution is 0.0875. The van der Waals surface area contributed by atoms with Crippen LogP contribution in [0.15, 0.2) is 11.3 Å². The molecule has 1 saturated heterocycles. The first-order chi connectivity index (χ1) is 4.67. The van der Waals surface area contributed by atoms with Crippen LogP contribution in [0.5, 0.6) is 0 Å². The van der Waals surface area contributed by atoms with E-state index in [0.717, 1.165) is 18.8 Å². The minimum absolute atomic E-state index is 0.153. The zero-order valence-corrected chi connectivity index (χ0v) is 7.24. The van der Waals surface area contributed by atoms with Crippen molar-refractivity contribution in [1.82, 2.24) is 0 Å². The van der Waals surface area contributed by atoms with Crippen LogP contribution in [0.25, 0.3) is 0 Å². The predicted octanol–water partition coefficient (Wildman–Crippen LogP) is 2.90. The number of hydrogen-bond donors (Lipinski definition) is 0. The van der Waals surface area contributed by atoms with Crippen molar-refractivity contribution in [2.45, 2.75) is 26.7 Å². The average Bonchev–Trinajstić information content (AvgIpc) is 1.87. The van der Waals surface area contributed by atoms with Gasteiger partial charge in [-0.05, 0) is 12.8 Å². The molecule has 0 aromatic carbocycles. The molecule has 0 aromatic heterocycles. The van der Waals surface area contributed by atoms with Gasteiger partial charge in [0, 0.05) is 11.0 Å². The van der Waals surface area contributed by atoms with Gasteiger partial charge in [0.15, 0.2) is 0 Å². The van der Waals surface area contributed by atoms with Gasteiger partial charge in [0.2, 0.25) is 0 Å². The lowest BCUT2D eigenvalue weighted by Gasteiger charge is -2.31. The van der Waals surface area contributed by atoms with E-state index in [0.29, 0.717) is 0 Å². The van der Waals surface area contributed by atoms with E-state index in [-0.39, 0.29) is 5.41 Å². The third kappa shape index (κ3) is 1.46. The molecule has 2 heteroatoms. The third-order valence-electron chi connectivity index (χ3n) is 1.97. The van der Waals surface area contributed by atoms with Crippen LogP contribution in [0.2, 0.25) is 0 Å².